The molecule has 0 aliphatic heterocycles. The number of carbonyl (C=O) groups is 1. The van der Waals surface area contributed by atoms with Gasteiger partial charge in [-0.1, -0.05) is 30.4 Å². The summed E-state index contributed by atoms with van der Waals surface area (Å²) in [7, 11) is 3.24. The predicted octanol–water partition coefficient (Wildman–Crippen LogP) is 5.00. The quantitative estimate of drug-likeness (QED) is 0.612. The average Bonchev–Trinajstić information content (AvgIpc) is 3.06. The fraction of sp³-hybridized carbons (Fsp3) is 0.143. The summed E-state index contributed by atoms with van der Waals surface area (Å²) in [5, 5.41) is 3.66. The van der Waals surface area contributed by atoms with Gasteiger partial charge in [-0.3, -0.25) is 4.79 Å². The molecule has 138 valence electrons. The monoisotopic (exact) mass is 380 g/mol. The summed E-state index contributed by atoms with van der Waals surface area (Å²) in [6.07, 6.45) is 7.87. The summed E-state index contributed by atoms with van der Waals surface area (Å²) >= 11 is 1.59. The van der Waals surface area contributed by atoms with Crippen LogP contribution in [-0.2, 0) is 4.79 Å². The minimum atomic E-state index is -0.0766. The molecule has 27 heavy (non-hydrogen) atoms. The number of hydrogen-bond donors (Lipinski definition) is 1. The maximum absolute atomic E-state index is 11.0. The molecular weight excluding hydrogens is 360 g/mol. The number of nitrogens with one attached hydrogen (secondary N) is 1. The van der Waals surface area contributed by atoms with E-state index in [-0.39, 0.29) is 5.91 Å². The van der Waals surface area contributed by atoms with Crippen molar-refractivity contribution in [2.75, 3.05) is 19.5 Å². The van der Waals surface area contributed by atoms with Crippen LogP contribution in [0, 0.1) is 0 Å². The van der Waals surface area contributed by atoms with Crippen LogP contribution < -0.4 is 14.8 Å². The van der Waals surface area contributed by atoms with Gasteiger partial charge in [-0.15, -0.1) is 11.3 Å². The fourth-order valence-electron chi connectivity index (χ4n) is 2.53. The highest BCUT2D eigenvalue weighted by atomic mass is 32.1. The number of ether oxygens (including phenoxy) is 2. The molecule has 2 aromatic carbocycles. The van der Waals surface area contributed by atoms with Crippen molar-refractivity contribution in [3.8, 4) is 11.5 Å². The van der Waals surface area contributed by atoms with Gasteiger partial charge in [0.05, 0.1) is 24.4 Å². The summed E-state index contributed by atoms with van der Waals surface area (Å²) in [4.78, 5) is 15.6. The average molecular weight is 380 g/mol. The Labute approximate surface area is 162 Å². The van der Waals surface area contributed by atoms with Crippen LogP contribution in [0.1, 0.15) is 17.5 Å². The van der Waals surface area contributed by atoms with E-state index in [1.807, 2.05) is 60.7 Å². The molecule has 5 nitrogen and oxygen atoms in total. The smallest absolute Gasteiger partial charge is 0.221 e. The van der Waals surface area contributed by atoms with Crippen LogP contribution in [0.2, 0.25) is 0 Å². The molecule has 1 heterocycles. The number of allylic oxidation sites excluding steroid dienone is 2. The molecule has 1 N–H and O–H groups in total. The van der Waals surface area contributed by atoms with Gasteiger partial charge in [0.2, 0.25) is 5.91 Å². The third-order valence-electron chi connectivity index (χ3n) is 3.78. The first-order chi connectivity index (χ1) is 13.1. The minimum Gasteiger partial charge on any atom is -0.493 e. The van der Waals surface area contributed by atoms with Crippen molar-refractivity contribution >= 4 is 45.3 Å². The molecule has 1 aromatic heterocycles. The Bertz CT molecular complexity index is 963. The number of fused-ring (bicyclic) bond motifs is 1. The van der Waals surface area contributed by atoms with Crippen molar-refractivity contribution in [2.24, 2.45) is 0 Å². The van der Waals surface area contributed by atoms with E-state index in [0.29, 0.717) is 11.5 Å². The van der Waals surface area contributed by atoms with Crippen molar-refractivity contribution < 1.29 is 14.3 Å². The molecule has 0 radical (unpaired) electrons. The molecule has 3 aromatic rings. The Balaban J connectivity index is 1.70. The highest BCUT2D eigenvalue weighted by molar-refractivity contribution is 7.19. The van der Waals surface area contributed by atoms with Crippen LogP contribution >= 0.6 is 11.3 Å². The number of aromatic nitrogens is 1. The zero-order valence-electron chi connectivity index (χ0n) is 15.4. The second-order valence-electron chi connectivity index (χ2n) is 5.75. The van der Waals surface area contributed by atoms with Crippen LogP contribution in [0.15, 0.2) is 48.6 Å². The van der Waals surface area contributed by atoms with Crippen molar-refractivity contribution in [3.05, 3.63) is 59.1 Å². The number of carbonyl (C=O) groups excluding carboxylic acids is 1. The molecule has 1 amide bonds. The van der Waals surface area contributed by atoms with E-state index >= 15 is 0 Å². The minimum absolute atomic E-state index is 0.0766. The van der Waals surface area contributed by atoms with E-state index in [1.54, 1.807) is 25.6 Å². The second-order valence-corrected chi connectivity index (χ2v) is 6.81. The first-order valence-electron chi connectivity index (χ1n) is 8.34. The van der Waals surface area contributed by atoms with E-state index in [1.165, 1.54) is 6.92 Å². The lowest BCUT2D eigenvalue weighted by Gasteiger charge is -2.05. The van der Waals surface area contributed by atoms with Crippen molar-refractivity contribution in [1.82, 2.24) is 4.98 Å². The Morgan fingerprint density at radius 3 is 2.37 bits per heavy atom. The fourth-order valence-corrected chi connectivity index (χ4v) is 3.42. The van der Waals surface area contributed by atoms with Crippen LogP contribution in [0.4, 0.5) is 5.69 Å². The lowest BCUT2D eigenvalue weighted by Crippen LogP contribution is -2.05. The normalized spacial score (nSPS) is 11.4. The zero-order valence-corrected chi connectivity index (χ0v) is 16.2. The van der Waals surface area contributed by atoms with Crippen LogP contribution in [0.5, 0.6) is 11.5 Å². The topological polar surface area (TPSA) is 60.5 Å². The number of rotatable bonds is 6. The van der Waals surface area contributed by atoms with Crippen molar-refractivity contribution in [1.29, 1.82) is 0 Å². The molecule has 6 heteroatoms. The van der Waals surface area contributed by atoms with Gasteiger partial charge < -0.3 is 14.8 Å². The molecule has 0 atom stereocenters. The van der Waals surface area contributed by atoms with Gasteiger partial charge in [0.15, 0.2) is 11.5 Å². The molecule has 3 rings (SSSR count). The first-order valence-corrected chi connectivity index (χ1v) is 9.15. The van der Waals surface area contributed by atoms with E-state index in [2.05, 4.69) is 10.3 Å². The Morgan fingerprint density at radius 2 is 1.70 bits per heavy atom. The van der Waals surface area contributed by atoms with Gasteiger partial charge in [-0.2, -0.15) is 0 Å². The first kappa shape index (κ1) is 18.7. The molecule has 0 fully saturated rings. The van der Waals surface area contributed by atoms with Crippen LogP contribution in [0.25, 0.3) is 22.4 Å². The van der Waals surface area contributed by atoms with Crippen molar-refractivity contribution in [3.63, 3.8) is 0 Å². The van der Waals surface area contributed by atoms with Gasteiger partial charge in [0, 0.05) is 24.7 Å². The van der Waals surface area contributed by atoms with E-state index in [4.69, 9.17) is 9.47 Å². The largest absolute Gasteiger partial charge is 0.493 e. The Morgan fingerprint density at radius 1 is 1.04 bits per heavy atom. The van der Waals surface area contributed by atoms with E-state index in [0.717, 1.165) is 26.5 Å². The number of hydrogen-bond acceptors (Lipinski definition) is 5. The van der Waals surface area contributed by atoms with E-state index < -0.39 is 0 Å². The molecule has 0 saturated carbocycles. The molecular formula is C21H20N2O3S. The molecule has 0 spiro atoms. The highest BCUT2D eigenvalue weighted by Crippen LogP contribution is 2.34. The summed E-state index contributed by atoms with van der Waals surface area (Å²) < 4.78 is 11.7. The molecule has 0 saturated heterocycles. The predicted molar refractivity (Wildman–Crippen MR) is 112 cm³/mol. The number of amides is 1. The summed E-state index contributed by atoms with van der Waals surface area (Å²) in [6.45, 7) is 1.49. The second kappa shape index (κ2) is 8.51. The maximum atomic E-state index is 11.0. The lowest BCUT2D eigenvalue weighted by molar-refractivity contribution is -0.114. The van der Waals surface area contributed by atoms with Gasteiger partial charge >= 0.3 is 0 Å². The van der Waals surface area contributed by atoms with Crippen LogP contribution in [-0.4, -0.2) is 25.1 Å². The number of methoxy groups -OCH3 is 2. The summed E-state index contributed by atoms with van der Waals surface area (Å²) in [6, 6.07) is 11.5. The molecule has 0 aliphatic rings. The van der Waals surface area contributed by atoms with Gasteiger partial charge in [0.25, 0.3) is 0 Å². The Kier molecular flexibility index (Phi) is 5.88. The molecule has 0 aliphatic carbocycles. The van der Waals surface area contributed by atoms with E-state index in [9.17, 15) is 4.79 Å². The standard InChI is InChI=1S/C21H20N2O3S/c1-14(24)22-16-10-8-15(9-11-16)6-4-5-7-21-23-17-12-18(25-2)19(26-3)13-20(17)27-21/h4-13H,1-3H3,(H,22,24)/b6-4+,7-5+. The maximum Gasteiger partial charge on any atom is 0.221 e. The zero-order chi connectivity index (χ0) is 19.2. The third kappa shape index (κ3) is 4.74. The van der Waals surface area contributed by atoms with Crippen LogP contribution in [0.3, 0.4) is 0 Å². The van der Waals surface area contributed by atoms with Gasteiger partial charge in [-0.25, -0.2) is 4.98 Å². The SMILES string of the molecule is COc1cc2nc(/C=C/C=C/c3ccc(NC(C)=O)cc3)sc2cc1OC. The number of nitrogens with zero attached hydrogens (tertiary/aromatic N) is 1. The highest BCUT2D eigenvalue weighted by Gasteiger charge is 2.09. The summed E-state index contributed by atoms with van der Waals surface area (Å²) in [5.41, 5.74) is 2.72. The Hall–Kier alpha value is -3.12. The van der Waals surface area contributed by atoms with Gasteiger partial charge in [0.1, 0.15) is 5.01 Å². The number of anilines is 1. The van der Waals surface area contributed by atoms with Crippen molar-refractivity contribution in [2.45, 2.75) is 6.92 Å². The number of thiazole rings is 1. The summed E-state index contributed by atoms with van der Waals surface area (Å²) in [5.74, 6) is 1.30. The molecule has 0 bridgehead atoms. The van der Waals surface area contributed by atoms with Gasteiger partial charge in [-0.05, 0) is 23.8 Å². The lowest BCUT2D eigenvalue weighted by atomic mass is 10.2. The third-order valence-corrected chi connectivity index (χ3v) is 4.76. The molecule has 0 unspecified atom stereocenters. The number of benzene rings is 2.